The number of anilines is 2. The lowest BCUT2D eigenvalue weighted by atomic mass is 10.0. The van der Waals surface area contributed by atoms with Crippen LogP contribution in [-0.2, 0) is 14.3 Å². The fourth-order valence-corrected chi connectivity index (χ4v) is 2.74. The van der Waals surface area contributed by atoms with Crippen molar-refractivity contribution < 1.29 is 27.9 Å². The van der Waals surface area contributed by atoms with Crippen LogP contribution in [0.5, 0.6) is 0 Å². The van der Waals surface area contributed by atoms with E-state index in [1.807, 2.05) is 0 Å². The van der Waals surface area contributed by atoms with E-state index in [0.717, 1.165) is 12.1 Å². The van der Waals surface area contributed by atoms with Crippen LogP contribution in [0.2, 0.25) is 0 Å². The Kier molecular flexibility index (Phi) is 5.39. The quantitative estimate of drug-likeness (QED) is 0.586. The topological polar surface area (TPSA) is 84.5 Å². The number of rotatable bonds is 6. The summed E-state index contributed by atoms with van der Waals surface area (Å²) in [6, 6.07) is 9.02. The zero-order chi connectivity index (χ0) is 20.3. The molecule has 2 aromatic carbocycles. The maximum Gasteiger partial charge on any atom is 0.340 e. The fourth-order valence-electron chi connectivity index (χ4n) is 2.74. The molecule has 2 aromatic rings. The molecular weight excluding hydrogens is 370 g/mol. The molecule has 0 atom stereocenters. The standard InChI is InChI=1S/C20H18F2N2O4/c1-2-28-17(25)13-5-3-4-6-15(13)23-18(26)20(9-10-20)19(27)24-16-8-7-12(21)11-14(16)22/h3-8,11H,2,9-10H2,1H3,(H,23,26)(H,24,27). The van der Waals surface area contributed by atoms with Gasteiger partial charge in [0.05, 0.1) is 23.5 Å². The van der Waals surface area contributed by atoms with Crippen molar-refractivity contribution in [2.24, 2.45) is 5.41 Å². The first-order valence-electron chi connectivity index (χ1n) is 8.71. The zero-order valence-corrected chi connectivity index (χ0v) is 15.1. The third-order valence-electron chi connectivity index (χ3n) is 4.47. The molecule has 2 amide bonds. The van der Waals surface area contributed by atoms with Gasteiger partial charge in [0.15, 0.2) is 0 Å². The van der Waals surface area contributed by atoms with E-state index in [1.165, 1.54) is 12.1 Å². The second-order valence-corrected chi connectivity index (χ2v) is 6.38. The van der Waals surface area contributed by atoms with Crippen LogP contribution in [0.3, 0.4) is 0 Å². The first-order valence-corrected chi connectivity index (χ1v) is 8.71. The number of para-hydroxylation sites is 1. The summed E-state index contributed by atoms with van der Waals surface area (Å²) < 4.78 is 31.7. The molecule has 1 fully saturated rings. The molecule has 0 radical (unpaired) electrons. The number of hydrogen-bond acceptors (Lipinski definition) is 4. The lowest BCUT2D eigenvalue weighted by Gasteiger charge is -2.17. The summed E-state index contributed by atoms with van der Waals surface area (Å²) in [6.07, 6.45) is 0.546. The van der Waals surface area contributed by atoms with E-state index in [0.29, 0.717) is 6.07 Å². The fraction of sp³-hybridized carbons (Fsp3) is 0.250. The number of amides is 2. The summed E-state index contributed by atoms with van der Waals surface area (Å²) in [5, 5.41) is 4.92. The van der Waals surface area contributed by atoms with Crippen LogP contribution in [0.1, 0.15) is 30.1 Å². The smallest absolute Gasteiger partial charge is 0.340 e. The Morgan fingerprint density at radius 3 is 2.25 bits per heavy atom. The Balaban J connectivity index is 1.76. The third-order valence-corrected chi connectivity index (χ3v) is 4.47. The predicted octanol–water partition coefficient (Wildman–Crippen LogP) is 3.50. The average Bonchev–Trinajstić information content (AvgIpc) is 3.47. The summed E-state index contributed by atoms with van der Waals surface area (Å²) in [6.45, 7) is 1.84. The third kappa shape index (κ3) is 3.85. The largest absolute Gasteiger partial charge is 0.462 e. The molecule has 3 rings (SSSR count). The monoisotopic (exact) mass is 388 g/mol. The molecule has 2 N–H and O–H groups in total. The van der Waals surface area contributed by atoms with Crippen LogP contribution < -0.4 is 10.6 Å². The van der Waals surface area contributed by atoms with E-state index < -0.39 is 34.8 Å². The summed E-state index contributed by atoms with van der Waals surface area (Å²) >= 11 is 0. The first-order chi connectivity index (χ1) is 13.4. The van der Waals surface area contributed by atoms with Crippen LogP contribution in [0.15, 0.2) is 42.5 Å². The van der Waals surface area contributed by atoms with Gasteiger partial charge in [0.25, 0.3) is 0 Å². The predicted molar refractivity (Wildman–Crippen MR) is 97.7 cm³/mol. The van der Waals surface area contributed by atoms with E-state index >= 15 is 0 Å². The van der Waals surface area contributed by atoms with E-state index in [2.05, 4.69) is 10.6 Å². The number of ether oxygens (including phenoxy) is 1. The number of benzene rings is 2. The molecule has 1 aliphatic rings. The van der Waals surface area contributed by atoms with Gasteiger partial charge < -0.3 is 15.4 Å². The minimum Gasteiger partial charge on any atom is -0.462 e. The molecule has 0 saturated heterocycles. The number of nitrogens with one attached hydrogen (secondary N) is 2. The van der Waals surface area contributed by atoms with Gasteiger partial charge in [-0.2, -0.15) is 0 Å². The number of hydrogen-bond donors (Lipinski definition) is 2. The van der Waals surface area contributed by atoms with Crippen LogP contribution in [-0.4, -0.2) is 24.4 Å². The van der Waals surface area contributed by atoms with E-state index in [9.17, 15) is 23.2 Å². The molecule has 28 heavy (non-hydrogen) atoms. The molecule has 0 spiro atoms. The van der Waals surface area contributed by atoms with Gasteiger partial charge in [0.1, 0.15) is 17.0 Å². The Bertz CT molecular complexity index is 942. The Morgan fingerprint density at radius 1 is 1.00 bits per heavy atom. The van der Waals surface area contributed by atoms with Gasteiger partial charge in [-0.1, -0.05) is 12.1 Å². The van der Waals surface area contributed by atoms with Crippen molar-refractivity contribution in [2.75, 3.05) is 17.2 Å². The average molecular weight is 388 g/mol. The maximum atomic E-state index is 13.8. The lowest BCUT2D eigenvalue weighted by molar-refractivity contribution is -0.131. The van der Waals surface area contributed by atoms with Gasteiger partial charge in [-0.05, 0) is 44.0 Å². The van der Waals surface area contributed by atoms with E-state index in [-0.39, 0.29) is 36.4 Å². The van der Waals surface area contributed by atoms with Gasteiger partial charge in [0.2, 0.25) is 11.8 Å². The highest BCUT2D eigenvalue weighted by molar-refractivity contribution is 6.17. The molecule has 1 saturated carbocycles. The second-order valence-electron chi connectivity index (χ2n) is 6.38. The summed E-state index contributed by atoms with van der Waals surface area (Å²) in [7, 11) is 0. The molecule has 146 valence electrons. The SMILES string of the molecule is CCOC(=O)c1ccccc1NC(=O)C1(C(=O)Nc2ccc(F)cc2F)CC1. The zero-order valence-electron chi connectivity index (χ0n) is 15.1. The normalized spacial score (nSPS) is 14.1. The highest BCUT2D eigenvalue weighted by Crippen LogP contribution is 2.47. The molecule has 0 heterocycles. The Hall–Kier alpha value is -3.29. The molecule has 6 nitrogen and oxygen atoms in total. The maximum absolute atomic E-state index is 13.8. The summed E-state index contributed by atoms with van der Waals surface area (Å²) in [5.41, 5.74) is -1.20. The Morgan fingerprint density at radius 2 is 1.64 bits per heavy atom. The van der Waals surface area contributed by atoms with Crippen molar-refractivity contribution in [1.82, 2.24) is 0 Å². The minimum absolute atomic E-state index is 0.165. The molecule has 8 heteroatoms. The number of carbonyl (C=O) groups excluding carboxylic acids is 3. The van der Waals surface area contributed by atoms with Gasteiger partial charge in [-0.3, -0.25) is 9.59 Å². The van der Waals surface area contributed by atoms with Crippen LogP contribution in [0.4, 0.5) is 20.2 Å². The molecular formula is C20H18F2N2O4. The number of carbonyl (C=O) groups is 3. The number of halogens is 2. The van der Waals surface area contributed by atoms with Crippen molar-refractivity contribution in [1.29, 1.82) is 0 Å². The van der Waals surface area contributed by atoms with Gasteiger partial charge in [-0.25, -0.2) is 13.6 Å². The molecule has 0 aromatic heterocycles. The Labute approximate surface area is 159 Å². The van der Waals surface area contributed by atoms with Gasteiger partial charge in [-0.15, -0.1) is 0 Å². The highest BCUT2D eigenvalue weighted by atomic mass is 19.1. The molecule has 1 aliphatic carbocycles. The number of esters is 1. The van der Waals surface area contributed by atoms with E-state index in [4.69, 9.17) is 4.74 Å². The van der Waals surface area contributed by atoms with Crippen molar-refractivity contribution in [3.63, 3.8) is 0 Å². The van der Waals surface area contributed by atoms with Crippen LogP contribution in [0, 0.1) is 17.0 Å². The summed E-state index contributed by atoms with van der Waals surface area (Å²) in [4.78, 5) is 37.3. The molecule has 0 unspecified atom stereocenters. The lowest BCUT2D eigenvalue weighted by Crippen LogP contribution is -2.36. The highest BCUT2D eigenvalue weighted by Gasteiger charge is 2.56. The van der Waals surface area contributed by atoms with Crippen molar-refractivity contribution >= 4 is 29.2 Å². The van der Waals surface area contributed by atoms with Crippen molar-refractivity contribution in [3.8, 4) is 0 Å². The molecule has 0 aliphatic heterocycles. The molecule has 0 bridgehead atoms. The van der Waals surface area contributed by atoms with Gasteiger partial charge in [0, 0.05) is 6.07 Å². The second kappa shape index (κ2) is 7.75. The van der Waals surface area contributed by atoms with Crippen molar-refractivity contribution in [2.45, 2.75) is 19.8 Å². The van der Waals surface area contributed by atoms with Crippen molar-refractivity contribution in [3.05, 3.63) is 59.7 Å². The first kappa shape index (κ1) is 19.5. The van der Waals surface area contributed by atoms with Crippen LogP contribution in [0.25, 0.3) is 0 Å². The van der Waals surface area contributed by atoms with Crippen LogP contribution >= 0.6 is 0 Å². The van der Waals surface area contributed by atoms with Gasteiger partial charge >= 0.3 is 5.97 Å². The minimum atomic E-state index is -1.37. The van der Waals surface area contributed by atoms with E-state index in [1.54, 1.807) is 19.1 Å². The summed E-state index contributed by atoms with van der Waals surface area (Å²) in [5.74, 6) is -3.60.